The normalized spacial score (nSPS) is 10.0. The van der Waals surface area contributed by atoms with Crippen molar-refractivity contribution < 1.29 is 14.7 Å². The fourth-order valence-corrected chi connectivity index (χ4v) is 1.73. The lowest BCUT2D eigenvalue weighted by atomic mass is 10.1. The lowest BCUT2D eigenvalue weighted by Crippen LogP contribution is -2.34. The van der Waals surface area contributed by atoms with Crippen LogP contribution in [0.1, 0.15) is 10.5 Å². The van der Waals surface area contributed by atoms with Crippen molar-refractivity contribution in [2.45, 2.75) is 0 Å². The van der Waals surface area contributed by atoms with E-state index >= 15 is 0 Å². The number of rotatable bonds is 5. The molecule has 0 saturated heterocycles. The summed E-state index contributed by atoms with van der Waals surface area (Å²) in [5.74, 6) is -0.350. The summed E-state index contributed by atoms with van der Waals surface area (Å²) in [5.41, 5.74) is 1.87. The second-order valence-electron chi connectivity index (χ2n) is 4.00. The van der Waals surface area contributed by atoms with E-state index in [0.29, 0.717) is 5.56 Å². The van der Waals surface area contributed by atoms with Crippen molar-refractivity contribution >= 4 is 12.0 Å². The first-order chi connectivity index (χ1) is 9.68. The molecule has 2 amide bonds. The van der Waals surface area contributed by atoms with E-state index in [4.69, 9.17) is 5.11 Å². The van der Waals surface area contributed by atoms with Gasteiger partial charge in [0.05, 0.1) is 0 Å². The van der Waals surface area contributed by atoms with Crippen LogP contribution in [-0.2, 0) is 0 Å². The highest BCUT2D eigenvalue weighted by molar-refractivity contribution is 5.98. The van der Waals surface area contributed by atoms with E-state index in [-0.39, 0.29) is 24.7 Å². The topological polar surface area (TPSA) is 107 Å². The number of carbonyl (C=O) groups is 2. The zero-order valence-corrected chi connectivity index (χ0v) is 10.6. The Morgan fingerprint density at radius 3 is 2.55 bits per heavy atom. The summed E-state index contributed by atoms with van der Waals surface area (Å²) in [7, 11) is 0. The molecule has 0 aliphatic rings. The van der Waals surface area contributed by atoms with Gasteiger partial charge in [0, 0.05) is 24.8 Å². The molecule has 0 spiro atoms. The molecule has 7 heteroatoms. The van der Waals surface area contributed by atoms with E-state index in [9.17, 15) is 9.59 Å². The maximum absolute atomic E-state index is 12.0. The van der Waals surface area contributed by atoms with Crippen LogP contribution >= 0.6 is 0 Å². The van der Waals surface area contributed by atoms with Gasteiger partial charge in [0.1, 0.15) is 0 Å². The van der Waals surface area contributed by atoms with Gasteiger partial charge in [0.25, 0.3) is 5.91 Å². The molecule has 7 nitrogen and oxygen atoms in total. The number of H-pyrrole nitrogens is 1. The SMILES string of the molecule is O=C(O)NCCNC(=O)c1n[nH]cc1-c1ccccc1. The van der Waals surface area contributed by atoms with Gasteiger partial charge in [-0.15, -0.1) is 0 Å². The van der Waals surface area contributed by atoms with Crippen molar-refractivity contribution in [3.8, 4) is 11.1 Å². The Kier molecular flexibility index (Phi) is 4.33. The number of carboxylic acid groups (broad SMARTS) is 1. The maximum atomic E-state index is 12.0. The van der Waals surface area contributed by atoms with E-state index in [2.05, 4.69) is 20.8 Å². The number of amides is 2. The third-order valence-electron chi connectivity index (χ3n) is 2.63. The highest BCUT2D eigenvalue weighted by atomic mass is 16.4. The molecule has 0 bridgehead atoms. The molecular weight excluding hydrogens is 260 g/mol. The monoisotopic (exact) mass is 274 g/mol. The third kappa shape index (κ3) is 3.35. The lowest BCUT2D eigenvalue weighted by molar-refractivity contribution is 0.0949. The van der Waals surface area contributed by atoms with E-state index < -0.39 is 6.09 Å². The summed E-state index contributed by atoms with van der Waals surface area (Å²) in [4.78, 5) is 22.2. The van der Waals surface area contributed by atoms with Gasteiger partial charge < -0.3 is 15.7 Å². The van der Waals surface area contributed by atoms with Crippen LogP contribution in [0.5, 0.6) is 0 Å². The van der Waals surface area contributed by atoms with Gasteiger partial charge in [-0.2, -0.15) is 5.10 Å². The molecule has 2 aromatic rings. The van der Waals surface area contributed by atoms with E-state index in [1.165, 1.54) is 0 Å². The largest absolute Gasteiger partial charge is 0.465 e. The molecule has 2 rings (SSSR count). The number of aromatic amines is 1. The predicted molar refractivity (Wildman–Crippen MR) is 72.4 cm³/mol. The quantitative estimate of drug-likeness (QED) is 0.612. The minimum Gasteiger partial charge on any atom is -0.465 e. The summed E-state index contributed by atoms with van der Waals surface area (Å²) >= 11 is 0. The van der Waals surface area contributed by atoms with Crippen LogP contribution in [0, 0.1) is 0 Å². The molecule has 0 aliphatic carbocycles. The van der Waals surface area contributed by atoms with Crippen LogP contribution in [0.2, 0.25) is 0 Å². The van der Waals surface area contributed by atoms with E-state index in [1.54, 1.807) is 6.20 Å². The van der Waals surface area contributed by atoms with Crippen molar-refractivity contribution in [1.29, 1.82) is 0 Å². The fourth-order valence-electron chi connectivity index (χ4n) is 1.73. The summed E-state index contributed by atoms with van der Waals surface area (Å²) in [6.07, 6.45) is 0.531. The molecule has 0 atom stereocenters. The molecule has 4 N–H and O–H groups in total. The Morgan fingerprint density at radius 2 is 1.85 bits per heavy atom. The molecule has 0 unspecified atom stereocenters. The first-order valence-electron chi connectivity index (χ1n) is 6.02. The Morgan fingerprint density at radius 1 is 1.15 bits per heavy atom. The first kappa shape index (κ1) is 13.6. The predicted octanol–water partition coefficient (Wildman–Crippen LogP) is 1.07. The van der Waals surface area contributed by atoms with Gasteiger partial charge in [-0.1, -0.05) is 30.3 Å². The van der Waals surface area contributed by atoms with Crippen LogP contribution < -0.4 is 10.6 Å². The highest BCUT2D eigenvalue weighted by Gasteiger charge is 2.15. The summed E-state index contributed by atoms with van der Waals surface area (Å²) in [6.45, 7) is 0.346. The summed E-state index contributed by atoms with van der Waals surface area (Å²) < 4.78 is 0. The minimum absolute atomic E-state index is 0.145. The van der Waals surface area contributed by atoms with Gasteiger partial charge >= 0.3 is 6.09 Å². The zero-order chi connectivity index (χ0) is 14.4. The molecule has 104 valence electrons. The summed E-state index contributed by atoms with van der Waals surface area (Å²) in [6, 6.07) is 9.41. The van der Waals surface area contributed by atoms with Crippen LogP contribution in [0.4, 0.5) is 4.79 Å². The molecule has 1 aromatic carbocycles. The number of hydrogen-bond donors (Lipinski definition) is 4. The van der Waals surface area contributed by atoms with Crippen molar-refractivity contribution in [1.82, 2.24) is 20.8 Å². The Balaban J connectivity index is 2.01. The minimum atomic E-state index is -1.12. The molecule has 0 fully saturated rings. The number of benzene rings is 1. The number of nitrogens with zero attached hydrogens (tertiary/aromatic N) is 1. The van der Waals surface area contributed by atoms with Gasteiger partial charge in [0.2, 0.25) is 0 Å². The average molecular weight is 274 g/mol. The van der Waals surface area contributed by atoms with Gasteiger partial charge in [-0.05, 0) is 5.56 Å². The fraction of sp³-hybridized carbons (Fsp3) is 0.154. The summed E-state index contributed by atoms with van der Waals surface area (Å²) in [5, 5.41) is 19.8. The number of hydrogen-bond acceptors (Lipinski definition) is 3. The van der Waals surface area contributed by atoms with E-state index in [1.807, 2.05) is 30.3 Å². The Hall–Kier alpha value is -2.83. The smallest absolute Gasteiger partial charge is 0.404 e. The molecule has 1 heterocycles. The molecule has 0 aliphatic heterocycles. The Labute approximate surface area is 115 Å². The second-order valence-corrected chi connectivity index (χ2v) is 4.00. The van der Waals surface area contributed by atoms with Crippen molar-refractivity contribution in [3.63, 3.8) is 0 Å². The van der Waals surface area contributed by atoms with Crippen LogP contribution in [0.15, 0.2) is 36.5 Å². The van der Waals surface area contributed by atoms with Crippen LogP contribution in [-0.4, -0.2) is 40.4 Å². The van der Waals surface area contributed by atoms with Crippen molar-refractivity contribution in [2.75, 3.05) is 13.1 Å². The Bertz CT molecular complexity index is 595. The first-order valence-corrected chi connectivity index (χ1v) is 6.02. The van der Waals surface area contributed by atoms with Crippen molar-refractivity contribution in [3.05, 3.63) is 42.2 Å². The number of aromatic nitrogens is 2. The molecule has 20 heavy (non-hydrogen) atoms. The number of nitrogens with one attached hydrogen (secondary N) is 3. The molecule has 0 saturated carbocycles. The molecular formula is C13H14N4O3. The lowest BCUT2D eigenvalue weighted by Gasteiger charge is -2.05. The highest BCUT2D eigenvalue weighted by Crippen LogP contribution is 2.21. The molecule has 1 aromatic heterocycles. The third-order valence-corrected chi connectivity index (χ3v) is 2.63. The van der Waals surface area contributed by atoms with E-state index in [0.717, 1.165) is 5.56 Å². The average Bonchev–Trinajstić information content (AvgIpc) is 2.93. The van der Waals surface area contributed by atoms with Crippen LogP contribution in [0.3, 0.4) is 0 Å². The maximum Gasteiger partial charge on any atom is 0.404 e. The van der Waals surface area contributed by atoms with Gasteiger partial charge in [-0.25, -0.2) is 4.79 Å². The zero-order valence-electron chi connectivity index (χ0n) is 10.6. The molecule has 0 radical (unpaired) electrons. The second kappa shape index (κ2) is 6.37. The number of carbonyl (C=O) groups excluding carboxylic acids is 1. The standard InChI is InChI=1S/C13H14N4O3/c18-12(14-6-7-15-13(19)20)11-10(8-16-17-11)9-4-2-1-3-5-9/h1-5,8,15H,6-7H2,(H,14,18)(H,16,17)(H,19,20). The van der Waals surface area contributed by atoms with Crippen molar-refractivity contribution in [2.24, 2.45) is 0 Å². The van der Waals surface area contributed by atoms with Gasteiger partial charge in [0.15, 0.2) is 5.69 Å². The van der Waals surface area contributed by atoms with Crippen LogP contribution in [0.25, 0.3) is 11.1 Å². The van der Waals surface area contributed by atoms with Gasteiger partial charge in [-0.3, -0.25) is 9.89 Å².